The van der Waals surface area contributed by atoms with E-state index in [-0.39, 0.29) is 22.3 Å². The van der Waals surface area contributed by atoms with Gasteiger partial charge >= 0.3 is 17.7 Å². The number of nitrogens with zero attached hydrogens (tertiary/aromatic N) is 2. The number of ether oxygens (including phenoxy) is 1. The molecular weight excluding hydrogens is 545 g/mol. The molecule has 2 aromatic rings. The maximum absolute atomic E-state index is 13.0. The van der Waals surface area contributed by atoms with Gasteiger partial charge in [-0.15, -0.1) is 0 Å². The first kappa shape index (κ1) is 31.6. The number of amides is 1. The number of anilines is 1. The molecule has 2 N–H and O–H groups in total. The van der Waals surface area contributed by atoms with Gasteiger partial charge in [-0.25, -0.2) is 0 Å². The van der Waals surface area contributed by atoms with E-state index in [4.69, 9.17) is 24.8 Å². The van der Waals surface area contributed by atoms with E-state index < -0.39 is 23.8 Å². The Morgan fingerprint density at radius 1 is 1.26 bits per heavy atom. The lowest BCUT2D eigenvalue weighted by Crippen LogP contribution is -2.33. The van der Waals surface area contributed by atoms with E-state index in [1.807, 2.05) is 6.92 Å². The van der Waals surface area contributed by atoms with Crippen molar-refractivity contribution in [3.05, 3.63) is 28.9 Å². The van der Waals surface area contributed by atoms with Crippen LogP contribution >= 0.6 is 11.6 Å². The Labute approximate surface area is 229 Å². The minimum atomic E-state index is -4.38. The van der Waals surface area contributed by atoms with Crippen molar-refractivity contribution in [1.29, 1.82) is 0 Å². The van der Waals surface area contributed by atoms with Gasteiger partial charge in [-0.1, -0.05) is 38.3 Å². The number of carbonyl (C=O) groups excluding carboxylic acids is 1. The monoisotopic (exact) mass is 578 g/mol. The van der Waals surface area contributed by atoms with Crippen molar-refractivity contribution in [2.75, 3.05) is 19.0 Å². The summed E-state index contributed by atoms with van der Waals surface area (Å²) in [7, 11) is 1.43. The van der Waals surface area contributed by atoms with Crippen molar-refractivity contribution in [1.82, 2.24) is 15.1 Å². The average Bonchev–Trinajstić information content (AvgIpc) is 3.19. The molecule has 1 saturated carbocycles. The number of carbonyl (C=O) groups is 1. The first-order chi connectivity index (χ1) is 18.0. The third-order valence-corrected chi connectivity index (χ3v) is 6.92. The number of nitrogens with one attached hydrogen (secondary N) is 2. The Kier molecular flexibility index (Phi) is 12.1. The minimum Gasteiger partial charge on any atom is -0.496 e. The standard InChI is InChI=1S/C25H34ClF3N4O2.O2S/c1-5-12-33-23(19-11-10-18(13-20(19)35-4)31-16(3)25(27,28)29)21(26)22(32-33)24(34)30-14-17-8-6-15(2)7-9-17;1-3-2/h10-11,13,15-17,31H,5-9,12,14H2,1-4H3,(H,30,34);/t15?,16-,17?;/m1./s1. The normalized spacial score (nSPS) is 18.1. The second-order valence-electron chi connectivity index (χ2n) is 9.46. The number of benzene rings is 1. The lowest BCUT2D eigenvalue weighted by molar-refractivity contribution is -0.138. The van der Waals surface area contributed by atoms with Gasteiger partial charge in [0.2, 0.25) is 0 Å². The SMILES string of the molecule is CCCn1nc(C(=O)NCC2CCC(C)CC2)c(Cl)c1-c1ccc(N[C@H](C)C(F)(F)F)cc1OC.O=S=O. The molecule has 0 aliphatic heterocycles. The van der Waals surface area contributed by atoms with Gasteiger partial charge in [0.25, 0.3) is 5.91 Å². The summed E-state index contributed by atoms with van der Waals surface area (Å²) in [4.78, 5) is 13.0. The average molecular weight is 579 g/mol. The van der Waals surface area contributed by atoms with Crippen LogP contribution in [0.2, 0.25) is 5.02 Å². The van der Waals surface area contributed by atoms with E-state index in [9.17, 15) is 18.0 Å². The predicted molar refractivity (Wildman–Crippen MR) is 141 cm³/mol. The van der Waals surface area contributed by atoms with Crippen LogP contribution in [-0.4, -0.2) is 50.0 Å². The minimum absolute atomic E-state index is 0.134. The zero-order chi connectivity index (χ0) is 28.5. The van der Waals surface area contributed by atoms with E-state index in [2.05, 4.69) is 22.7 Å². The van der Waals surface area contributed by atoms with Gasteiger partial charge in [0, 0.05) is 30.4 Å². The van der Waals surface area contributed by atoms with E-state index in [0.717, 1.165) is 32.1 Å². The first-order valence-corrected chi connectivity index (χ1v) is 13.5. The number of hydrogen-bond acceptors (Lipinski definition) is 6. The summed E-state index contributed by atoms with van der Waals surface area (Å²) in [6.07, 6.45) is 0.890. The lowest BCUT2D eigenvalue weighted by atomic mass is 9.83. The van der Waals surface area contributed by atoms with E-state index in [1.54, 1.807) is 10.7 Å². The maximum atomic E-state index is 13.0. The Hall–Kier alpha value is -2.60. The smallest absolute Gasteiger partial charge is 0.408 e. The summed E-state index contributed by atoms with van der Waals surface area (Å²) in [6.45, 7) is 6.37. The van der Waals surface area contributed by atoms with Crippen molar-refractivity contribution >= 4 is 34.8 Å². The van der Waals surface area contributed by atoms with Gasteiger partial charge in [0.15, 0.2) is 5.69 Å². The van der Waals surface area contributed by atoms with E-state index in [1.165, 1.54) is 32.1 Å². The largest absolute Gasteiger partial charge is 0.496 e. The number of alkyl halides is 3. The molecule has 1 aromatic heterocycles. The fourth-order valence-corrected chi connectivity index (χ4v) is 4.70. The zero-order valence-electron chi connectivity index (χ0n) is 21.9. The van der Waals surface area contributed by atoms with Crippen LogP contribution in [0.25, 0.3) is 11.3 Å². The Morgan fingerprint density at radius 3 is 2.45 bits per heavy atom. The van der Waals surface area contributed by atoms with Gasteiger partial charge in [0.1, 0.15) is 11.8 Å². The Morgan fingerprint density at radius 2 is 1.89 bits per heavy atom. The molecular formula is C25H34ClF3N4O4S. The molecule has 0 radical (unpaired) electrons. The van der Waals surface area contributed by atoms with Crippen LogP contribution in [0, 0.1) is 11.8 Å². The van der Waals surface area contributed by atoms with Crippen LogP contribution in [0.3, 0.4) is 0 Å². The van der Waals surface area contributed by atoms with Crippen LogP contribution in [-0.2, 0) is 18.1 Å². The Balaban J connectivity index is 0.00000161. The van der Waals surface area contributed by atoms with Gasteiger partial charge in [0.05, 0.1) is 17.8 Å². The molecule has 3 rings (SSSR count). The molecule has 1 atom stereocenters. The van der Waals surface area contributed by atoms with Crippen molar-refractivity contribution in [2.24, 2.45) is 11.8 Å². The highest BCUT2D eigenvalue weighted by atomic mass is 35.5. The van der Waals surface area contributed by atoms with Crippen LogP contribution in [0.1, 0.15) is 63.4 Å². The molecule has 13 heteroatoms. The van der Waals surface area contributed by atoms with Crippen LogP contribution in [0.5, 0.6) is 5.75 Å². The summed E-state index contributed by atoms with van der Waals surface area (Å²) in [5.74, 6) is 1.18. The third-order valence-electron chi connectivity index (χ3n) is 6.56. The van der Waals surface area contributed by atoms with Crippen molar-refractivity contribution < 1.29 is 31.1 Å². The fraction of sp³-hybridized carbons (Fsp3) is 0.600. The summed E-state index contributed by atoms with van der Waals surface area (Å²) in [5, 5.41) is 10.1. The molecule has 1 heterocycles. The molecule has 8 nitrogen and oxygen atoms in total. The highest BCUT2D eigenvalue weighted by Gasteiger charge is 2.36. The first-order valence-electron chi connectivity index (χ1n) is 12.4. The molecule has 212 valence electrons. The molecule has 1 aliphatic carbocycles. The summed E-state index contributed by atoms with van der Waals surface area (Å²) < 4.78 is 62.6. The second-order valence-corrected chi connectivity index (χ2v) is 9.98. The second kappa shape index (κ2) is 14.5. The van der Waals surface area contributed by atoms with E-state index in [0.29, 0.717) is 36.0 Å². The van der Waals surface area contributed by atoms with Gasteiger partial charge in [-0.2, -0.15) is 26.7 Å². The molecule has 1 amide bonds. The number of rotatable bonds is 9. The molecule has 0 bridgehead atoms. The number of aryl methyl sites for hydroxylation is 1. The van der Waals surface area contributed by atoms with Crippen LogP contribution in [0.4, 0.5) is 18.9 Å². The quantitative estimate of drug-likeness (QED) is 0.386. The highest BCUT2D eigenvalue weighted by Crippen LogP contribution is 2.39. The van der Waals surface area contributed by atoms with Crippen molar-refractivity contribution in [3.63, 3.8) is 0 Å². The molecule has 0 unspecified atom stereocenters. The zero-order valence-corrected chi connectivity index (χ0v) is 23.4. The molecule has 0 saturated heterocycles. The predicted octanol–water partition coefficient (Wildman–Crippen LogP) is 5.87. The summed E-state index contributed by atoms with van der Waals surface area (Å²) >= 11 is 5.93. The van der Waals surface area contributed by atoms with Crippen molar-refractivity contribution in [3.8, 4) is 17.0 Å². The number of aromatic nitrogens is 2. The summed E-state index contributed by atoms with van der Waals surface area (Å²) in [5.41, 5.74) is 1.43. The third kappa shape index (κ3) is 8.45. The molecule has 0 spiro atoms. The van der Waals surface area contributed by atoms with Gasteiger partial charge in [-0.3, -0.25) is 9.48 Å². The topological polar surface area (TPSA) is 102 Å². The lowest BCUT2D eigenvalue weighted by Gasteiger charge is -2.26. The molecule has 1 aliphatic rings. The van der Waals surface area contributed by atoms with Crippen molar-refractivity contribution in [2.45, 2.75) is 71.6 Å². The number of methoxy groups -OCH3 is 1. The highest BCUT2D eigenvalue weighted by molar-refractivity contribution is 7.51. The van der Waals surface area contributed by atoms with Crippen LogP contribution in [0.15, 0.2) is 18.2 Å². The summed E-state index contributed by atoms with van der Waals surface area (Å²) in [6, 6.07) is 2.92. The maximum Gasteiger partial charge on any atom is 0.408 e. The van der Waals surface area contributed by atoms with Gasteiger partial charge in [-0.05, 0) is 50.2 Å². The van der Waals surface area contributed by atoms with Gasteiger partial charge < -0.3 is 15.4 Å². The Bertz CT molecular complexity index is 1110. The van der Waals surface area contributed by atoms with E-state index >= 15 is 0 Å². The molecule has 1 fully saturated rings. The number of halogens is 4. The fourth-order valence-electron chi connectivity index (χ4n) is 4.38. The molecule has 1 aromatic carbocycles. The van der Waals surface area contributed by atoms with Crippen LogP contribution < -0.4 is 15.4 Å². The number of hydrogen-bond donors (Lipinski definition) is 2. The molecule has 38 heavy (non-hydrogen) atoms.